The van der Waals surface area contributed by atoms with E-state index in [2.05, 4.69) is 30.3 Å². The summed E-state index contributed by atoms with van der Waals surface area (Å²) < 4.78 is 2.79. The predicted molar refractivity (Wildman–Crippen MR) is 77.5 cm³/mol. The van der Waals surface area contributed by atoms with E-state index < -0.39 is 0 Å². The molecule has 0 aromatic carbocycles. The van der Waals surface area contributed by atoms with Crippen LogP contribution < -0.4 is 5.32 Å². The number of halogens is 1. The first-order valence-electron chi connectivity index (χ1n) is 5.94. The Morgan fingerprint density at radius 1 is 1.44 bits per heavy atom. The Bertz CT molecular complexity index is 544. The van der Waals surface area contributed by atoms with Crippen molar-refractivity contribution in [3.8, 4) is 0 Å². The second kappa shape index (κ2) is 5.43. The van der Waals surface area contributed by atoms with Gasteiger partial charge < -0.3 is 5.32 Å². The minimum Gasteiger partial charge on any atom is -0.313 e. The van der Waals surface area contributed by atoms with Crippen molar-refractivity contribution in [1.82, 2.24) is 15.1 Å². The zero-order chi connectivity index (χ0) is 13.3. The van der Waals surface area contributed by atoms with Crippen molar-refractivity contribution < 1.29 is 0 Å². The van der Waals surface area contributed by atoms with Gasteiger partial charge in [-0.2, -0.15) is 5.10 Å². The standard InChI is InChI=1S/C13H18ClN3S/c1-8-13(9(2)17(4)16-8)11(15-3)7-10-5-6-12(14)18-10/h5-6,11,15H,7H2,1-4H3. The third-order valence-electron chi connectivity index (χ3n) is 3.30. The monoisotopic (exact) mass is 283 g/mol. The maximum absolute atomic E-state index is 5.98. The van der Waals surface area contributed by atoms with Crippen LogP contribution in [0.5, 0.6) is 0 Å². The summed E-state index contributed by atoms with van der Waals surface area (Å²) >= 11 is 7.62. The van der Waals surface area contributed by atoms with Crippen LogP contribution >= 0.6 is 22.9 Å². The normalized spacial score (nSPS) is 12.9. The average Bonchev–Trinajstić information content (AvgIpc) is 2.82. The van der Waals surface area contributed by atoms with Gasteiger partial charge in [-0.05, 0) is 33.0 Å². The molecule has 0 spiro atoms. The molecule has 0 saturated carbocycles. The number of aromatic nitrogens is 2. The molecule has 0 aliphatic rings. The summed E-state index contributed by atoms with van der Waals surface area (Å²) in [6, 6.07) is 4.34. The molecule has 0 fully saturated rings. The van der Waals surface area contributed by atoms with Crippen molar-refractivity contribution in [2.75, 3.05) is 7.05 Å². The fraction of sp³-hybridized carbons (Fsp3) is 0.462. The first kappa shape index (κ1) is 13.6. The number of nitrogens with zero attached hydrogens (tertiary/aromatic N) is 2. The largest absolute Gasteiger partial charge is 0.313 e. The van der Waals surface area contributed by atoms with E-state index in [-0.39, 0.29) is 6.04 Å². The lowest BCUT2D eigenvalue weighted by Gasteiger charge is -2.16. The molecule has 0 bridgehead atoms. The third kappa shape index (κ3) is 2.60. The smallest absolute Gasteiger partial charge is 0.0931 e. The van der Waals surface area contributed by atoms with Gasteiger partial charge in [0.25, 0.3) is 0 Å². The van der Waals surface area contributed by atoms with Crippen LogP contribution in [-0.2, 0) is 13.5 Å². The Hall–Kier alpha value is -0.840. The molecule has 0 aliphatic carbocycles. The molecule has 3 nitrogen and oxygen atoms in total. The van der Waals surface area contributed by atoms with Gasteiger partial charge >= 0.3 is 0 Å². The fourth-order valence-corrected chi connectivity index (χ4v) is 3.44. The van der Waals surface area contributed by atoms with Crippen molar-refractivity contribution in [1.29, 1.82) is 0 Å². The Kier molecular flexibility index (Phi) is 4.10. The number of likely N-dealkylation sites (N-methyl/N-ethyl adjacent to an activating group) is 1. The summed E-state index contributed by atoms with van der Waals surface area (Å²) in [6.07, 6.45) is 0.946. The first-order chi connectivity index (χ1) is 8.52. The van der Waals surface area contributed by atoms with E-state index in [0.29, 0.717) is 0 Å². The number of nitrogens with one attached hydrogen (secondary N) is 1. The molecule has 1 N–H and O–H groups in total. The Labute approximate surface area is 117 Å². The van der Waals surface area contributed by atoms with Crippen LogP contribution in [0.4, 0.5) is 0 Å². The third-order valence-corrected chi connectivity index (χ3v) is 4.55. The molecule has 18 heavy (non-hydrogen) atoms. The highest BCUT2D eigenvalue weighted by Crippen LogP contribution is 2.29. The molecule has 2 aromatic heterocycles. The molecule has 1 unspecified atom stereocenters. The molecule has 2 heterocycles. The lowest BCUT2D eigenvalue weighted by atomic mass is 10.0. The minimum atomic E-state index is 0.286. The van der Waals surface area contributed by atoms with Crippen LogP contribution in [0.3, 0.4) is 0 Å². The zero-order valence-electron chi connectivity index (χ0n) is 11.1. The number of aryl methyl sites for hydroxylation is 2. The summed E-state index contributed by atoms with van der Waals surface area (Å²) in [5.74, 6) is 0. The van der Waals surface area contributed by atoms with Crippen LogP contribution in [0.15, 0.2) is 12.1 Å². The number of thiophene rings is 1. The maximum atomic E-state index is 5.98. The van der Waals surface area contributed by atoms with Gasteiger partial charge in [-0.15, -0.1) is 11.3 Å². The van der Waals surface area contributed by atoms with Crippen LogP contribution in [0.25, 0.3) is 0 Å². The van der Waals surface area contributed by atoms with E-state index >= 15 is 0 Å². The van der Waals surface area contributed by atoms with Gasteiger partial charge in [-0.25, -0.2) is 0 Å². The van der Waals surface area contributed by atoms with Gasteiger partial charge in [0.2, 0.25) is 0 Å². The van der Waals surface area contributed by atoms with E-state index in [1.54, 1.807) is 11.3 Å². The lowest BCUT2D eigenvalue weighted by Crippen LogP contribution is -2.19. The molecule has 2 aromatic rings. The predicted octanol–water partition coefficient (Wildman–Crippen LogP) is 3.26. The highest BCUT2D eigenvalue weighted by molar-refractivity contribution is 7.16. The molecule has 0 aliphatic heterocycles. The van der Waals surface area contributed by atoms with Gasteiger partial charge in [-0.1, -0.05) is 11.6 Å². The van der Waals surface area contributed by atoms with Crippen molar-refractivity contribution in [2.45, 2.75) is 26.3 Å². The Balaban J connectivity index is 2.28. The maximum Gasteiger partial charge on any atom is 0.0931 e. The topological polar surface area (TPSA) is 29.9 Å². The van der Waals surface area contributed by atoms with E-state index in [0.717, 1.165) is 16.5 Å². The molecular weight excluding hydrogens is 266 g/mol. The SMILES string of the molecule is CNC(Cc1ccc(Cl)s1)c1c(C)nn(C)c1C. The second-order valence-corrected chi connectivity index (χ2v) is 6.26. The van der Waals surface area contributed by atoms with E-state index in [4.69, 9.17) is 11.6 Å². The Morgan fingerprint density at radius 3 is 2.61 bits per heavy atom. The van der Waals surface area contributed by atoms with E-state index in [9.17, 15) is 0 Å². The lowest BCUT2D eigenvalue weighted by molar-refractivity contribution is 0.588. The molecule has 0 radical (unpaired) electrons. The van der Waals surface area contributed by atoms with Gasteiger partial charge in [0.1, 0.15) is 0 Å². The Morgan fingerprint density at radius 2 is 2.17 bits per heavy atom. The zero-order valence-corrected chi connectivity index (χ0v) is 12.7. The average molecular weight is 284 g/mol. The second-order valence-electron chi connectivity index (χ2n) is 4.46. The van der Waals surface area contributed by atoms with E-state index in [1.165, 1.54) is 16.1 Å². The molecular formula is C13H18ClN3S. The molecule has 0 saturated heterocycles. The number of hydrogen-bond acceptors (Lipinski definition) is 3. The van der Waals surface area contributed by atoms with Gasteiger partial charge in [0.05, 0.1) is 10.0 Å². The first-order valence-corrected chi connectivity index (χ1v) is 7.14. The van der Waals surface area contributed by atoms with Gasteiger partial charge in [-0.3, -0.25) is 4.68 Å². The van der Waals surface area contributed by atoms with Crippen LogP contribution in [0, 0.1) is 13.8 Å². The summed E-state index contributed by atoms with van der Waals surface area (Å²) in [4.78, 5) is 1.29. The fourth-order valence-electron chi connectivity index (χ4n) is 2.31. The highest BCUT2D eigenvalue weighted by atomic mass is 35.5. The summed E-state index contributed by atoms with van der Waals surface area (Å²) in [5.41, 5.74) is 3.61. The van der Waals surface area contributed by atoms with Crippen molar-refractivity contribution in [3.05, 3.63) is 38.3 Å². The van der Waals surface area contributed by atoms with Crippen molar-refractivity contribution in [2.24, 2.45) is 7.05 Å². The molecule has 0 amide bonds. The molecule has 98 valence electrons. The minimum absolute atomic E-state index is 0.286. The van der Waals surface area contributed by atoms with Crippen LogP contribution in [0.1, 0.15) is 27.9 Å². The summed E-state index contributed by atoms with van der Waals surface area (Å²) in [5, 5.41) is 7.86. The van der Waals surface area contributed by atoms with Gasteiger partial charge in [0, 0.05) is 35.6 Å². The number of hydrogen-bond donors (Lipinski definition) is 1. The number of rotatable bonds is 4. The van der Waals surface area contributed by atoms with Crippen molar-refractivity contribution >= 4 is 22.9 Å². The summed E-state index contributed by atoms with van der Waals surface area (Å²) in [7, 11) is 3.98. The molecule has 2 rings (SSSR count). The van der Waals surface area contributed by atoms with Crippen LogP contribution in [0.2, 0.25) is 4.34 Å². The molecule has 5 heteroatoms. The quantitative estimate of drug-likeness (QED) is 0.933. The van der Waals surface area contributed by atoms with Gasteiger partial charge in [0.15, 0.2) is 0 Å². The van der Waals surface area contributed by atoms with Crippen LogP contribution in [-0.4, -0.2) is 16.8 Å². The molecule has 1 atom stereocenters. The van der Waals surface area contributed by atoms with E-state index in [1.807, 2.05) is 24.8 Å². The highest BCUT2D eigenvalue weighted by Gasteiger charge is 2.19. The summed E-state index contributed by atoms with van der Waals surface area (Å²) in [6.45, 7) is 4.18. The van der Waals surface area contributed by atoms with Crippen molar-refractivity contribution in [3.63, 3.8) is 0 Å².